The molecule has 0 saturated carbocycles. The van der Waals surface area contributed by atoms with Crippen molar-refractivity contribution in [2.24, 2.45) is 5.92 Å². The maximum Gasteiger partial charge on any atom is 0.248 e. The van der Waals surface area contributed by atoms with Crippen molar-refractivity contribution in [3.8, 4) is 5.75 Å². The van der Waals surface area contributed by atoms with Crippen molar-refractivity contribution in [3.63, 3.8) is 0 Å². The SMILES string of the molecule is Cc1noc(C)c1S(=O)(=O)N1CCC(C(=O)NCc2ccc(OCc3ccccc3)cc2)CC1. The topological polar surface area (TPSA) is 102 Å². The van der Waals surface area contributed by atoms with Gasteiger partial charge in [-0.15, -0.1) is 0 Å². The molecule has 8 nitrogen and oxygen atoms in total. The molecule has 0 aliphatic carbocycles. The average molecular weight is 484 g/mol. The Morgan fingerprint density at radius 3 is 2.35 bits per heavy atom. The molecule has 180 valence electrons. The molecule has 0 unspecified atom stereocenters. The van der Waals surface area contributed by atoms with Gasteiger partial charge in [-0.05, 0) is 49.9 Å². The molecule has 1 aliphatic rings. The maximum absolute atomic E-state index is 12.9. The molecule has 0 atom stereocenters. The first-order chi connectivity index (χ1) is 16.3. The molecule has 2 heterocycles. The predicted octanol–water partition coefficient (Wildman–Crippen LogP) is 3.59. The smallest absolute Gasteiger partial charge is 0.248 e. The second-order valence-electron chi connectivity index (χ2n) is 8.47. The summed E-state index contributed by atoms with van der Waals surface area (Å²) >= 11 is 0. The van der Waals surface area contributed by atoms with Gasteiger partial charge in [0, 0.05) is 25.6 Å². The van der Waals surface area contributed by atoms with Gasteiger partial charge in [0.2, 0.25) is 15.9 Å². The molecule has 1 saturated heterocycles. The summed E-state index contributed by atoms with van der Waals surface area (Å²) in [6, 6.07) is 17.6. The molecule has 0 radical (unpaired) electrons. The molecule has 1 aromatic heterocycles. The monoisotopic (exact) mass is 483 g/mol. The van der Waals surface area contributed by atoms with Gasteiger partial charge >= 0.3 is 0 Å². The summed E-state index contributed by atoms with van der Waals surface area (Å²) in [5.74, 6) is 0.781. The summed E-state index contributed by atoms with van der Waals surface area (Å²) in [4.78, 5) is 12.8. The van der Waals surface area contributed by atoms with Gasteiger partial charge in [-0.2, -0.15) is 4.31 Å². The summed E-state index contributed by atoms with van der Waals surface area (Å²) in [6.45, 7) is 4.70. The first-order valence-electron chi connectivity index (χ1n) is 11.3. The molecule has 0 bridgehead atoms. The zero-order valence-electron chi connectivity index (χ0n) is 19.4. The van der Waals surface area contributed by atoms with E-state index < -0.39 is 10.0 Å². The Hall–Kier alpha value is -3.17. The van der Waals surface area contributed by atoms with E-state index in [1.54, 1.807) is 13.8 Å². The minimum absolute atomic E-state index is 0.0567. The lowest BCUT2D eigenvalue weighted by atomic mass is 9.97. The third-order valence-corrected chi connectivity index (χ3v) is 8.17. The van der Waals surface area contributed by atoms with Crippen molar-refractivity contribution in [2.75, 3.05) is 13.1 Å². The van der Waals surface area contributed by atoms with Crippen LogP contribution in [0.15, 0.2) is 64.0 Å². The largest absolute Gasteiger partial charge is 0.489 e. The van der Waals surface area contributed by atoms with E-state index in [4.69, 9.17) is 9.26 Å². The molecule has 1 aliphatic heterocycles. The molecule has 1 amide bonds. The average Bonchev–Trinajstić information content (AvgIpc) is 3.21. The van der Waals surface area contributed by atoms with Crippen LogP contribution < -0.4 is 10.1 Å². The van der Waals surface area contributed by atoms with Crippen LogP contribution in [0.4, 0.5) is 0 Å². The van der Waals surface area contributed by atoms with Crippen LogP contribution in [-0.4, -0.2) is 36.9 Å². The number of hydrogen-bond donors (Lipinski definition) is 1. The van der Waals surface area contributed by atoms with E-state index in [1.165, 1.54) is 4.31 Å². The van der Waals surface area contributed by atoms with Crippen molar-refractivity contribution < 1.29 is 22.5 Å². The van der Waals surface area contributed by atoms with Gasteiger partial charge in [-0.3, -0.25) is 4.79 Å². The standard InChI is InChI=1S/C25H29N3O5S/c1-18-24(19(2)33-27-18)34(30,31)28-14-12-22(13-15-28)25(29)26-16-20-8-10-23(11-9-20)32-17-21-6-4-3-5-7-21/h3-11,22H,12-17H2,1-2H3,(H,26,29). The van der Waals surface area contributed by atoms with E-state index in [-0.39, 0.29) is 35.6 Å². The van der Waals surface area contributed by atoms with Gasteiger partial charge in [0.1, 0.15) is 22.9 Å². The van der Waals surface area contributed by atoms with E-state index in [2.05, 4.69) is 10.5 Å². The van der Waals surface area contributed by atoms with Crippen LogP contribution in [0.25, 0.3) is 0 Å². The van der Waals surface area contributed by atoms with Crippen molar-refractivity contribution in [1.29, 1.82) is 0 Å². The van der Waals surface area contributed by atoms with Crippen LogP contribution in [0.3, 0.4) is 0 Å². The van der Waals surface area contributed by atoms with E-state index in [1.807, 2.05) is 54.6 Å². The van der Waals surface area contributed by atoms with Crippen LogP contribution >= 0.6 is 0 Å². The minimum atomic E-state index is -3.68. The molecule has 2 aromatic carbocycles. The maximum atomic E-state index is 12.9. The summed E-state index contributed by atoms with van der Waals surface area (Å²) in [5.41, 5.74) is 2.43. The van der Waals surface area contributed by atoms with Crippen LogP contribution in [0, 0.1) is 19.8 Å². The van der Waals surface area contributed by atoms with Crippen LogP contribution in [0.5, 0.6) is 5.75 Å². The van der Waals surface area contributed by atoms with Crippen molar-refractivity contribution >= 4 is 15.9 Å². The van der Waals surface area contributed by atoms with Gasteiger partial charge in [0.15, 0.2) is 5.76 Å². The highest BCUT2D eigenvalue weighted by Gasteiger charge is 2.35. The first-order valence-corrected chi connectivity index (χ1v) is 12.7. The van der Waals surface area contributed by atoms with Gasteiger partial charge in [-0.25, -0.2) is 8.42 Å². The Balaban J connectivity index is 1.24. The highest BCUT2D eigenvalue weighted by molar-refractivity contribution is 7.89. The fourth-order valence-corrected chi connectivity index (χ4v) is 5.87. The Bertz CT molecular complexity index is 1200. The summed E-state index contributed by atoms with van der Waals surface area (Å²) in [6.07, 6.45) is 0.946. The Kier molecular flexibility index (Phi) is 7.33. The number of benzene rings is 2. The molecule has 3 aromatic rings. The number of aromatic nitrogens is 1. The van der Waals surface area contributed by atoms with Gasteiger partial charge < -0.3 is 14.6 Å². The number of rotatable bonds is 8. The fourth-order valence-electron chi connectivity index (χ4n) is 4.11. The van der Waals surface area contributed by atoms with Crippen molar-refractivity contribution in [1.82, 2.24) is 14.8 Å². The lowest BCUT2D eigenvalue weighted by Crippen LogP contribution is -2.43. The van der Waals surface area contributed by atoms with Gasteiger partial charge in [-0.1, -0.05) is 47.6 Å². The quantitative estimate of drug-likeness (QED) is 0.525. The zero-order valence-corrected chi connectivity index (χ0v) is 20.2. The highest BCUT2D eigenvalue weighted by atomic mass is 32.2. The number of aryl methyl sites for hydroxylation is 2. The number of nitrogens with one attached hydrogen (secondary N) is 1. The number of ether oxygens (including phenoxy) is 1. The third kappa shape index (κ3) is 5.48. The number of hydrogen-bond acceptors (Lipinski definition) is 6. The molecule has 0 spiro atoms. The van der Waals surface area contributed by atoms with Crippen LogP contribution in [0.1, 0.15) is 35.4 Å². The summed E-state index contributed by atoms with van der Waals surface area (Å²) < 4.78 is 38.1. The minimum Gasteiger partial charge on any atom is -0.489 e. The van der Waals surface area contributed by atoms with E-state index in [0.29, 0.717) is 31.7 Å². The third-order valence-electron chi connectivity index (χ3n) is 6.03. The van der Waals surface area contributed by atoms with Gasteiger partial charge in [0.25, 0.3) is 0 Å². The van der Waals surface area contributed by atoms with E-state index >= 15 is 0 Å². The number of amides is 1. The first kappa shape index (κ1) is 24.0. The molecule has 1 fully saturated rings. The fraction of sp³-hybridized carbons (Fsp3) is 0.360. The second kappa shape index (κ2) is 10.4. The van der Waals surface area contributed by atoms with Crippen molar-refractivity contribution in [3.05, 3.63) is 77.2 Å². The van der Waals surface area contributed by atoms with Crippen LogP contribution in [-0.2, 0) is 28.0 Å². The molecule has 4 rings (SSSR count). The van der Waals surface area contributed by atoms with Gasteiger partial charge in [0.05, 0.1) is 0 Å². The summed E-state index contributed by atoms with van der Waals surface area (Å²) in [7, 11) is -3.68. The van der Waals surface area contributed by atoms with E-state index in [0.717, 1.165) is 16.9 Å². The van der Waals surface area contributed by atoms with Crippen LogP contribution in [0.2, 0.25) is 0 Å². The Morgan fingerprint density at radius 2 is 1.74 bits per heavy atom. The predicted molar refractivity (Wildman–Crippen MR) is 127 cm³/mol. The zero-order chi connectivity index (χ0) is 24.1. The van der Waals surface area contributed by atoms with E-state index in [9.17, 15) is 13.2 Å². The lowest BCUT2D eigenvalue weighted by molar-refractivity contribution is -0.126. The number of carbonyl (C=O) groups is 1. The molecular formula is C25H29N3O5S. The normalized spacial score (nSPS) is 15.2. The van der Waals surface area contributed by atoms with Crippen molar-refractivity contribution in [2.45, 2.75) is 44.7 Å². The molecule has 1 N–H and O–H groups in total. The number of nitrogens with zero attached hydrogens (tertiary/aromatic N) is 2. The number of carbonyl (C=O) groups excluding carboxylic acids is 1. The number of piperidine rings is 1. The Labute approximate surface area is 200 Å². The lowest BCUT2D eigenvalue weighted by Gasteiger charge is -2.30. The highest BCUT2D eigenvalue weighted by Crippen LogP contribution is 2.27. The number of sulfonamides is 1. The molecule has 34 heavy (non-hydrogen) atoms. The molecule has 9 heteroatoms. The summed E-state index contributed by atoms with van der Waals surface area (Å²) in [5, 5.41) is 6.72. The Morgan fingerprint density at radius 1 is 1.06 bits per heavy atom. The molecular weight excluding hydrogens is 454 g/mol. The second-order valence-corrected chi connectivity index (χ2v) is 10.3.